The van der Waals surface area contributed by atoms with Gasteiger partial charge in [0.25, 0.3) is 0 Å². The van der Waals surface area contributed by atoms with E-state index in [9.17, 15) is 0 Å². The summed E-state index contributed by atoms with van der Waals surface area (Å²) in [6, 6.07) is 0.666. The van der Waals surface area contributed by atoms with Gasteiger partial charge in [0, 0.05) is 12.1 Å². The van der Waals surface area contributed by atoms with Crippen molar-refractivity contribution < 1.29 is 0 Å². The van der Waals surface area contributed by atoms with E-state index >= 15 is 0 Å². The lowest BCUT2D eigenvalue weighted by Gasteiger charge is -2.21. The van der Waals surface area contributed by atoms with Gasteiger partial charge >= 0.3 is 0 Å². The van der Waals surface area contributed by atoms with Gasteiger partial charge in [-0.1, -0.05) is 26.2 Å². The Kier molecular flexibility index (Phi) is 9.03. The van der Waals surface area contributed by atoms with Crippen LogP contribution >= 0.6 is 0 Å². The fourth-order valence-electron chi connectivity index (χ4n) is 3.23. The highest BCUT2D eigenvalue weighted by Gasteiger charge is 2.14. The molecule has 0 spiro atoms. The molecule has 0 radical (unpaired) electrons. The van der Waals surface area contributed by atoms with E-state index in [-0.39, 0.29) is 0 Å². The number of hydrogen-bond acceptors (Lipinski definition) is 4. The first-order chi connectivity index (χ1) is 9.61. The lowest BCUT2D eigenvalue weighted by Crippen LogP contribution is -2.25. The van der Waals surface area contributed by atoms with Gasteiger partial charge in [-0.05, 0) is 56.8 Å². The molecule has 1 rings (SSSR count). The summed E-state index contributed by atoms with van der Waals surface area (Å²) in [6.07, 6.45) is 11.7. The van der Waals surface area contributed by atoms with Crippen molar-refractivity contribution in [2.24, 2.45) is 28.4 Å². The van der Waals surface area contributed by atoms with Crippen LogP contribution in [0.15, 0.2) is 5.11 Å². The lowest BCUT2D eigenvalue weighted by atomic mass is 9.88. The molecule has 0 saturated heterocycles. The molecule has 5 N–H and O–H groups in total. The molecular weight excluding hydrogens is 248 g/mol. The fraction of sp³-hybridized carbons (Fsp3) is 1.00. The summed E-state index contributed by atoms with van der Waals surface area (Å²) in [5.74, 6) is 1.34. The van der Waals surface area contributed by atoms with E-state index in [1.165, 1.54) is 25.7 Å². The number of nitrogens with zero attached hydrogens (tertiary/aromatic N) is 1. The minimum absolute atomic E-state index is 0.303. The average molecular weight is 282 g/mol. The van der Waals surface area contributed by atoms with Gasteiger partial charge in [0.2, 0.25) is 0 Å². The van der Waals surface area contributed by atoms with Gasteiger partial charge < -0.3 is 11.5 Å². The SMILES string of the molecule is CC1CCCC(CN=N)CCC(N)CCCC(N)CC1. The molecule has 0 heterocycles. The number of nitrogens with two attached hydrogens (primary N) is 2. The third-order valence-electron chi connectivity index (χ3n) is 4.78. The minimum Gasteiger partial charge on any atom is -0.328 e. The predicted octanol–water partition coefficient (Wildman–Crippen LogP) is 3.84. The van der Waals surface area contributed by atoms with Gasteiger partial charge in [-0.2, -0.15) is 5.11 Å². The molecule has 0 aromatic carbocycles. The Morgan fingerprint density at radius 1 is 0.850 bits per heavy atom. The van der Waals surface area contributed by atoms with Crippen molar-refractivity contribution in [2.75, 3.05) is 6.54 Å². The molecule has 0 aromatic heterocycles. The van der Waals surface area contributed by atoms with E-state index in [0.717, 1.165) is 44.4 Å². The number of hydrogen-bond donors (Lipinski definition) is 3. The van der Waals surface area contributed by atoms with Crippen molar-refractivity contribution >= 4 is 0 Å². The second-order valence-electron chi connectivity index (χ2n) is 6.85. The van der Waals surface area contributed by atoms with Crippen LogP contribution < -0.4 is 11.5 Å². The van der Waals surface area contributed by atoms with Crippen molar-refractivity contribution in [1.29, 1.82) is 5.53 Å². The molecule has 20 heavy (non-hydrogen) atoms. The highest BCUT2D eigenvalue weighted by atomic mass is 14.9. The van der Waals surface area contributed by atoms with Crippen LogP contribution in [0.2, 0.25) is 0 Å². The van der Waals surface area contributed by atoms with Crippen molar-refractivity contribution in [1.82, 2.24) is 0 Å². The maximum absolute atomic E-state index is 7.10. The smallest absolute Gasteiger partial charge is 0.0624 e. The lowest BCUT2D eigenvalue weighted by molar-refractivity contribution is 0.350. The molecular formula is C16H34N4. The Hall–Kier alpha value is -0.480. The monoisotopic (exact) mass is 282 g/mol. The first-order valence-corrected chi connectivity index (χ1v) is 8.46. The summed E-state index contributed by atoms with van der Waals surface area (Å²) in [5.41, 5.74) is 19.5. The Labute approximate surface area is 124 Å². The first-order valence-electron chi connectivity index (χ1n) is 8.46. The van der Waals surface area contributed by atoms with Crippen LogP contribution in [0, 0.1) is 17.4 Å². The highest BCUT2D eigenvalue weighted by molar-refractivity contribution is 4.71. The van der Waals surface area contributed by atoms with Gasteiger partial charge in [0.15, 0.2) is 0 Å². The van der Waals surface area contributed by atoms with E-state index in [1.807, 2.05) is 0 Å². The zero-order valence-electron chi connectivity index (χ0n) is 13.2. The van der Waals surface area contributed by atoms with Crippen LogP contribution in [0.4, 0.5) is 0 Å². The van der Waals surface area contributed by atoms with Crippen molar-refractivity contribution in [2.45, 2.75) is 83.2 Å². The molecule has 1 aliphatic rings. The Morgan fingerprint density at radius 3 is 2.10 bits per heavy atom. The fourth-order valence-corrected chi connectivity index (χ4v) is 3.23. The zero-order chi connectivity index (χ0) is 14.8. The summed E-state index contributed by atoms with van der Waals surface area (Å²) in [7, 11) is 0. The van der Waals surface area contributed by atoms with Gasteiger partial charge in [-0.15, -0.1) is 0 Å². The Balaban J connectivity index is 2.45. The topological polar surface area (TPSA) is 88.2 Å². The second kappa shape index (κ2) is 10.3. The summed E-state index contributed by atoms with van der Waals surface area (Å²) in [5, 5.41) is 3.61. The van der Waals surface area contributed by atoms with E-state index in [1.54, 1.807) is 0 Å². The molecule has 1 fully saturated rings. The van der Waals surface area contributed by atoms with Crippen LogP contribution in [0.5, 0.6) is 0 Å². The third kappa shape index (κ3) is 7.95. The molecule has 4 atom stereocenters. The van der Waals surface area contributed by atoms with Gasteiger partial charge in [-0.3, -0.25) is 0 Å². The molecule has 0 aliphatic heterocycles. The molecule has 0 aromatic rings. The Morgan fingerprint density at radius 2 is 1.45 bits per heavy atom. The highest BCUT2D eigenvalue weighted by Crippen LogP contribution is 2.23. The molecule has 0 bridgehead atoms. The van der Waals surface area contributed by atoms with Crippen LogP contribution in [0.1, 0.15) is 71.1 Å². The summed E-state index contributed by atoms with van der Waals surface area (Å²) in [4.78, 5) is 0. The minimum atomic E-state index is 0.303. The summed E-state index contributed by atoms with van der Waals surface area (Å²) < 4.78 is 0. The summed E-state index contributed by atoms with van der Waals surface area (Å²) >= 11 is 0. The largest absolute Gasteiger partial charge is 0.328 e. The quantitative estimate of drug-likeness (QED) is 0.672. The van der Waals surface area contributed by atoms with Crippen molar-refractivity contribution in [3.63, 3.8) is 0 Å². The average Bonchev–Trinajstić information content (AvgIpc) is 2.41. The second-order valence-corrected chi connectivity index (χ2v) is 6.85. The van der Waals surface area contributed by atoms with Crippen LogP contribution in [0.3, 0.4) is 0 Å². The number of rotatable bonds is 2. The van der Waals surface area contributed by atoms with E-state index in [0.29, 0.717) is 24.5 Å². The standard InChI is InChI=1S/C16H34N4/c1-13-4-2-5-14(12-20-19)9-11-16(18)7-3-6-15(17)10-8-13/h13-16,19H,2-12,17-18H2,1H3. The van der Waals surface area contributed by atoms with Crippen LogP contribution in [0.25, 0.3) is 0 Å². The van der Waals surface area contributed by atoms with Crippen molar-refractivity contribution in [3.8, 4) is 0 Å². The third-order valence-corrected chi connectivity index (χ3v) is 4.78. The molecule has 4 nitrogen and oxygen atoms in total. The normalized spacial score (nSPS) is 35.1. The maximum atomic E-state index is 7.10. The summed E-state index contributed by atoms with van der Waals surface area (Å²) in [6.45, 7) is 3.03. The maximum Gasteiger partial charge on any atom is 0.0624 e. The number of nitrogens with one attached hydrogen (secondary N) is 1. The molecule has 1 saturated carbocycles. The van der Waals surface area contributed by atoms with E-state index in [2.05, 4.69) is 12.0 Å². The van der Waals surface area contributed by atoms with Gasteiger partial charge in [-0.25, -0.2) is 5.53 Å². The van der Waals surface area contributed by atoms with Crippen molar-refractivity contribution in [3.05, 3.63) is 0 Å². The predicted molar refractivity (Wildman–Crippen MR) is 84.8 cm³/mol. The molecule has 0 amide bonds. The Bertz CT molecular complexity index is 257. The van der Waals surface area contributed by atoms with E-state index in [4.69, 9.17) is 17.0 Å². The van der Waals surface area contributed by atoms with Crippen LogP contribution in [-0.2, 0) is 0 Å². The molecule has 118 valence electrons. The van der Waals surface area contributed by atoms with Crippen LogP contribution in [-0.4, -0.2) is 18.6 Å². The molecule has 4 unspecified atom stereocenters. The molecule has 1 aliphatic carbocycles. The van der Waals surface area contributed by atoms with Gasteiger partial charge in [0.1, 0.15) is 0 Å². The molecule has 4 heteroatoms. The zero-order valence-corrected chi connectivity index (χ0v) is 13.2. The van der Waals surface area contributed by atoms with E-state index < -0.39 is 0 Å². The van der Waals surface area contributed by atoms with Gasteiger partial charge in [0.05, 0.1) is 6.54 Å². The first kappa shape index (κ1) is 17.6.